The Balaban J connectivity index is 1.57. The van der Waals surface area contributed by atoms with Crippen LogP contribution in [0.3, 0.4) is 0 Å². The van der Waals surface area contributed by atoms with Crippen LogP contribution < -0.4 is 10.8 Å². The average Bonchev–Trinajstić information content (AvgIpc) is 3.28. The lowest BCUT2D eigenvalue weighted by molar-refractivity contribution is -0.143. The Morgan fingerprint density at radius 3 is 2.03 bits per heavy atom. The molecule has 12 heteroatoms. The number of aromatic amines is 1. The second kappa shape index (κ2) is 10.6. The van der Waals surface area contributed by atoms with Crippen molar-refractivity contribution in [2.75, 3.05) is 5.32 Å². The van der Waals surface area contributed by atoms with Crippen LogP contribution in [0.4, 0.5) is 32.0 Å². The molecule has 3 N–H and O–H groups in total. The molecule has 0 saturated heterocycles. The summed E-state index contributed by atoms with van der Waals surface area (Å²) in [6.45, 7) is 0. The van der Waals surface area contributed by atoms with E-state index in [2.05, 4.69) is 10.3 Å². The van der Waals surface area contributed by atoms with Crippen molar-refractivity contribution in [2.24, 2.45) is 0 Å². The van der Waals surface area contributed by atoms with Gasteiger partial charge in [-0.2, -0.15) is 26.3 Å². The molecule has 0 fully saturated rings. The summed E-state index contributed by atoms with van der Waals surface area (Å²) in [6.07, 6.45) is -11.8. The number of amides is 2. The molecule has 0 saturated carbocycles. The molecule has 1 atom stereocenters. The minimum Gasteiger partial charge on any atom is -0.358 e. The zero-order valence-corrected chi connectivity index (χ0v) is 19.3. The molecule has 0 aliphatic carbocycles. The van der Waals surface area contributed by atoms with Crippen LogP contribution in [0.5, 0.6) is 0 Å². The molecule has 2 amide bonds. The summed E-state index contributed by atoms with van der Waals surface area (Å²) >= 11 is 0. The van der Waals surface area contributed by atoms with Crippen molar-refractivity contribution in [1.82, 2.24) is 10.5 Å². The van der Waals surface area contributed by atoms with E-state index in [4.69, 9.17) is 4.84 Å². The monoisotopic (exact) mass is 535 g/mol. The summed E-state index contributed by atoms with van der Waals surface area (Å²) in [7, 11) is 0. The highest BCUT2D eigenvalue weighted by Crippen LogP contribution is 2.36. The van der Waals surface area contributed by atoms with E-state index in [-0.39, 0.29) is 24.6 Å². The van der Waals surface area contributed by atoms with Crippen molar-refractivity contribution in [2.45, 2.75) is 24.9 Å². The molecule has 38 heavy (non-hydrogen) atoms. The first-order valence-corrected chi connectivity index (χ1v) is 11.1. The molecular formula is C26H19F6N3O3. The first-order valence-electron chi connectivity index (χ1n) is 11.1. The van der Waals surface area contributed by atoms with Crippen molar-refractivity contribution < 1.29 is 40.8 Å². The Kier molecular flexibility index (Phi) is 7.44. The van der Waals surface area contributed by atoms with E-state index in [1.807, 2.05) is 11.5 Å². The fourth-order valence-corrected chi connectivity index (χ4v) is 3.64. The number of nitrogens with one attached hydrogen (secondary N) is 3. The number of fused-ring (bicyclic) bond motifs is 1. The molecule has 0 aliphatic heterocycles. The molecule has 198 valence electrons. The maximum atomic E-state index is 13.2. The van der Waals surface area contributed by atoms with Gasteiger partial charge in [-0.1, -0.05) is 36.4 Å². The molecule has 0 aliphatic rings. The lowest BCUT2D eigenvalue weighted by atomic mass is 10.0. The van der Waals surface area contributed by atoms with Crippen molar-refractivity contribution in [3.05, 3.63) is 101 Å². The Labute approximate surface area is 211 Å². The summed E-state index contributed by atoms with van der Waals surface area (Å²) in [4.78, 5) is 33.9. The van der Waals surface area contributed by atoms with E-state index >= 15 is 0 Å². The summed E-state index contributed by atoms with van der Waals surface area (Å²) < 4.78 is 79.0. The number of carbonyl (C=O) groups excluding carboxylic acids is 2. The Hall–Kier alpha value is -4.32. The van der Waals surface area contributed by atoms with E-state index in [1.54, 1.807) is 54.6 Å². The largest absolute Gasteiger partial charge is 0.416 e. The zero-order chi connectivity index (χ0) is 27.5. The lowest BCUT2D eigenvalue weighted by Crippen LogP contribution is -2.39. The number of H-pyrrole nitrogens is 1. The van der Waals surface area contributed by atoms with E-state index in [9.17, 15) is 35.9 Å². The third-order valence-electron chi connectivity index (χ3n) is 5.47. The van der Waals surface area contributed by atoms with Gasteiger partial charge in [0.25, 0.3) is 11.8 Å². The van der Waals surface area contributed by atoms with E-state index in [0.29, 0.717) is 11.4 Å². The maximum Gasteiger partial charge on any atom is 0.416 e. The van der Waals surface area contributed by atoms with Gasteiger partial charge in [0.2, 0.25) is 0 Å². The van der Waals surface area contributed by atoms with Gasteiger partial charge in [0.1, 0.15) is 0 Å². The van der Waals surface area contributed by atoms with Gasteiger partial charge in [-0.3, -0.25) is 14.4 Å². The highest BCUT2D eigenvalue weighted by atomic mass is 19.4. The van der Waals surface area contributed by atoms with Gasteiger partial charge in [-0.25, -0.2) is 5.48 Å². The average molecular weight is 535 g/mol. The smallest absolute Gasteiger partial charge is 0.358 e. The van der Waals surface area contributed by atoms with Crippen LogP contribution in [0.25, 0.3) is 10.9 Å². The van der Waals surface area contributed by atoms with Gasteiger partial charge in [0.15, 0.2) is 6.10 Å². The van der Waals surface area contributed by atoms with Gasteiger partial charge >= 0.3 is 12.4 Å². The molecule has 4 rings (SSSR count). The van der Waals surface area contributed by atoms with Crippen LogP contribution in [0.2, 0.25) is 0 Å². The van der Waals surface area contributed by atoms with Crippen LogP contribution >= 0.6 is 0 Å². The quantitative estimate of drug-likeness (QED) is 0.197. The lowest BCUT2D eigenvalue weighted by Gasteiger charge is -2.18. The van der Waals surface area contributed by atoms with Crippen LogP contribution in [-0.2, 0) is 28.4 Å². The number of halogens is 6. The molecule has 0 radical (unpaired) electrons. The van der Waals surface area contributed by atoms with Gasteiger partial charge in [0.05, 0.1) is 11.1 Å². The topological polar surface area (TPSA) is 83.2 Å². The predicted octanol–water partition coefficient (Wildman–Crippen LogP) is 6.12. The van der Waals surface area contributed by atoms with Gasteiger partial charge in [0, 0.05) is 28.9 Å². The summed E-state index contributed by atoms with van der Waals surface area (Å²) in [5.41, 5.74) is -0.732. The van der Waals surface area contributed by atoms with E-state index in [0.717, 1.165) is 10.9 Å². The third kappa shape index (κ3) is 6.51. The Bertz CT molecular complexity index is 1380. The number of rotatable bonds is 7. The highest BCUT2D eigenvalue weighted by Gasteiger charge is 2.37. The predicted molar refractivity (Wildman–Crippen MR) is 126 cm³/mol. The molecule has 0 spiro atoms. The minimum atomic E-state index is -5.13. The molecule has 1 heterocycles. The zero-order valence-electron chi connectivity index (χ0n) is 19.3. The molecule has 1 aromatic heterocycles. The first-order chi connectivity index (χ1) is 17.9. The number of hydrogen-bond donors (Lipinski definition) is 3. The number of anilines is 1. The molecule has 3 aromatic carbocycles. The normalized spacial score (nSPS) is 12.8. The third-order valence-corrected chi connectivity index (χ3v) is 5.47. The van der Waals surface area contributed by atoms with Gasteiger partial charge in [-0.15, -0.1) is 0 Å². The SMILES string of the molecule is O=C(NOC(Cc1cc2ccccc2[nH]1)C(=O)Nc1ccccc1)c1cc(C(F)(F)F)cc(C(F)(F)F)c1. The summed E-state index contributed by atoms with van der Waals surface area (Å²) in [5.74, 6) is -2.11. The van der Waals surface area contributed by atoms with Crippen molar-refractivity contribution in [3.63, 3.8) is 0 Å². The molecule has 6 nitrogen and oxygen atoms in total. The standard InChI is InChI=1S/C26H19F6N3O3/c27-25(28,29)17-10-16(11-18(13-17)26(30,31)32)23(36)35-38-22(24(37)34-19-7-2-1-3-8-19)14-20-12-15-6-4-5-9-21(15)33-20/h1-13,22,33H,14H2,(H,34,37)(H,35,36). The first kappa shape index (κ1) is 26.7. The van der Waals surface area contributed by atoms with Gasteiger partial charge in [-0.05, 0) is 47.9 Å². The molecule has 1 unspecified atom stereocenters. The number of aromatic nitrogens is 1. The van der Waals surface area contributed by atoms with Crippen LogP contribution in [0.1, 0.15) is 27.2 Å². The number of carbonyl (C=O) groups is 2. The van der Waals surface area contributed by atoms with Crippen LogP contribution in [0.15, 0.2) is 78.9 Å². The van der Waals surface area contributed by atoms with Crippen molar-refractivity contribution in [3.8, 4) is 0 Å². The maximum absolute atomic E-state index is 13.2. The van der Waals surface area contributed by atoms with Crippen LogP contribution in [-0.4, -0.2) is 22.9 Å². The molecule has 0 bridgehead atoms. The Morgan fingerprint density at radius 2 is 1.42 bits per heavy atom. The fourth-order valence-electron chi connectivity index (χ4n) is 3.64. The highest BCUT2D eigenvalue weighted by molar-refractivity contribution is 5.96. The number of para-hydroxylation sites is 2. The van der Waals surface area contributed by atoms with Crippen molar-refractivity contribution >= 4 is 28.4 Å². The number of hydrogen-bond acceptors (Lipinski definition) is 3. The summed E-state index contributed by atoms with van der Waals surface area (Å²) in [6, 6.07) is 17.6. The minimum absolute atomic E-state index is 0.0936. The van der Waals surface area contributed by atoms with E-state index in [1.165, 1.54) is 0 Å². The van der Waals surface area contributed by atoms with E-state index < -0.39 is 47.0 Å². The molecular weight excluding hydrogens is 516 g/mol. The number of benzene rings is 3. The number of alkyl halides is 6. The Morgan fingerprint density at radius 1 is 0.816 bits per heavy atom. The fraction of sp³-hybridized carbons (Fsp3) is 0.154. The second-order valence-electron chi connectivity index (χ2n) is 8.27. The number of hydroxylamine groups is 1. The van der Waals surface area contributed by atoms with Crippen molar-refractivity contribution in [1.29, 1.82) is 0 Å². The summed E-state index contributed by atoms with van der Waals surface area (Å²) in [5, 5.41) is 3.42. The second-order valence-corrected chi connectivity index (χ2v) is 8.27. The van der Waals surface area contributed by atoms with Crippen LogP contribution in [0, 0.1) is 0 Å². The van der Waals surface area contributed by atoms with Gasteiger partial charge < -0.3 is 10.3 Å². The molecule has 4 aromatic rings.